The SMILES string of the molecule is CC(C#N)S(=O)(=O)c1ccc(C(=O)O)cc1. The third-order valence-corrected chi connectivity index (χ3v) is 4.04. The summed E-state index contributed by atoms with van der Waals surface area (Å²) in [6.07, 6.45) is 0. The van der Waals surface area contributed by atoms with Crippen molar-refractivity contribution in [2.45, 2.75) is 17.1 Å². The molecule has 1 atom stereocenters. The lowest BCUT2D eigenvalue weighted by Crippen LogP contribution is -2.15. The van der Waals surface area contributed by atoms with E-state index in [4.69, 9.17) is 10.4 Å². The molecule has 0 bridgehead atoms. The van der Waals surface area contributed by atoms with Crippen molar-refractivity contribution in [3.05, 3.63) is 29.8 Å². The van der Waals surface area contributed by atoms with Gasteiger partial charge in [0, 0.05) is 0 Å². The highest BCUT2D eigenvalue weighted by molar-refractivity contribution is 7.92. The molecule has 0 heterocycles. The predicted octanol–water partition coefficient (Wildman–Crippen LogP) is 1.07. The monoisotopic (exact) mass is 239 g/mol. The summed E-state index contributed by atoms with van der Waals surface area (Å²) in [5.41, 5.74) is 0.00330. The Bertz CT molecular complexity index is 539. The highest BCUT2D eigenvalue weighted by atomic mass is 32.2. The van der Waals surface area contributed by atoms with Crippen LogP contribution in [0, 0.1) is 11.3 Å². The number of nitriles is 1. The largest absolute Gasteiger partial charge is 0.478 e. The maximum atomic E-state index is 11.7. The summed E-state index contributed by atoms with van der Waals surface area (Å²) in [6, 6.07) is 6.40. The molecule has 1 aromatic rings. The molecule has 5 nitrogen and oxygen atoms in total. The van der Waals surface area contributed by atoms with Crippen molar-refractivity contribution in [3.8, 4) is 6.07 Å². The zero-order valence-corrected chi connectivity index (χ0v) is 9.23. The summed E-state index contributed by atoms with van der Waals surface area (Å²) in [6.45, 7) is 1.28. The van der Waals surface area contributed by atoms with Gasteiger partial charge in [0.15, 0.2) is 9.84 Å². The van der Waals surface area contributed by atoms with Crippen molar-refractivity contribution in [1.82, 2.24) is 0 Å². The summed E-state index contributed by atoms with van der Waals surface area (Å²) in [5, 5.41) is 16.0. The molecule has 0 amide bonds. The second kappa shape index (κ2) is 4.33. The Hall–Kier alpha value is -1.87. The fourth-order valence-corrected chi connectivity index (χ4v) is 2.12. The Kier molecular flexibility index (Phi) is 3.30. The standard InChI is InChI=1S/C10H9NO4S/c1-7(6-11)16(14,15)9-4-2-8(3-5-9)10(12)13/h2-5,7H,1H3,(H,12,13). The molecular weight excluding hydrogens is 230 g/mol. The van der Waals surface area contributed by atoms with Crippen LogP contribution >= 0.6 is 0 Å². The molecule has 0 aliphatic carbocycles. The van der Waals surface area contributed by atoms with Gasteiger partial charge < -0.3 is 5.11 Å². The molecule has 84 valence electrons. The van der Waals surface area contributed by atoms with E-state index in [1.165, 1.54) is 31.2 Å². The van der Waals surface area contributed by atoms with Gasteiger partial charge in [-0.3, -0.25) is 0 Å². The first kappa shape index (κ1) is 12.2. The van der Waals surface area contributed by atoms with Crippen molar-refractivity contribution in [2.75, 3.05) is 0 Å². The van der Waals surface area contributed by atoms with Crippen LogP contribution in [0.4, 0.5) is 0 Å². The minimum atomic E-state index is -3.69. The number of sulfone groups is 1. The molecule has 0 aliphatic rings. The topological polar surface area (TPSA) is 95.2 Å². The van der Waals surface area contributed by atoms with Crippen LogP contribution in [-0.4, -0.2) is 24.7 Å². The first-order valence-electron chi connectivity index (χ1n) is 4.36. The first-order valence-corrected chi connectivity index (χ1v) is 5.91. The van der Waals surface area contributed by atoms with Crippen LogP contribution in [0.25, 0.3) is 0 Å². The normalized spacial score (nSPS) is 12.8. The van der Waals surface area contributed by atoms with E-state index in [0.29, 0.717) is 0 Å². The minimum Gasteiger partial charge on any atom is -0.478 e. The number of aromatic carboxylic acids is 1. The number of hydrogen-bond donors (Lipinski definition) is 1. The van der Waals surface area contributed by atoms with Crippen LogP contribution in [-0.2, 0) is 9.84 Å². The quantitative estimate of drug-likeness (QED) is 0.851. The van der Waals surface area contributed by atoms with Gasteiger partial charge in [-0.25, -0.2) is 13.2 Å². The maximum absolute atomic E-state index is 11.7. The van der Waals surface area contributed by atoms with Crippen LogP contribution in [0.3, 0.4) is 0 Å². The van der Waals surface area contributed by atoms with Gasteiger partial charge in [0.1, 0.15) is 5.25 Å². The van der Waals surface area contributed by atoms with Gasteiger partial charge >= 0.3 is 5.97 Å². The maximum Gasteiger partial charge on any atom is 0.335 e. The third kappa shape index (κ3) is 2.20. The fraction of sp³-hybridized carbons (Fsp3) is 0.200. The minimum absolute atomic E-state index is 0.00330. The van der Waals surface area contributed by atoms with Crippen molar-refractivity contribution in [1.29, 1.82) is 5.26 Å². The molecule has 0 fully saturated rings. The smallest absolute Gasteiger partial charge is 0.335 e. The number of carbonyl (C=O) groups is 1. The second-order valence-electron chi connectivity index (χ2n) is 3.15. The molecule has 0 saturated heterocycles. The summed E-state index contributed by atoms with van der Waals surface area (Å²) >= 11 is 0. The summed E-state index contributed by atoms with van der Waals surface area (Å²) < 4.78 is 23.3. The van der Waals surface area contributed by atoms with E-state index in [-0.39, 0.29) is 10.5 Å². The molecule has 1 aromatic carbocycles. The van der Waals surface area contributed by atoms with Gasteiger partial charge in [-0.15, -0.1) is 0 Å². The number of carboxylic acid groups (broad SMARTS) is 1. The highest BCUT2D eigenvalue weighted by Crippen LogP contribution is 2.16. The molecule has 0 aliphatic heterocycles. The molecule has 1 unspecified atom stereocenters. The Labute approximate surface area is 92.9 Å². The van der Waals surface area contributed by atoms with E-state index in [1.54, 1.807) is 6.07 Å². The third-order valence-electron chi connectivity index (χ3n) is 2.08. The van der Waals surface area contributed by atoms with Crippen LogP contribution in [0.1, 0.15) is 17.3 Å². The van der Waals surface area contributed by atoms with Gasteiger partial charge in [-0.05, 0) is 31.2 Å². The Morgan fingerprint density at radius 2 is 1.88 bits per heavy atom. The van der Waals surface area contributed by atoms with Gasteiger partial charge in [0.05, 0.1) is 16.5 Å². The van der Waals surface area contributed by atoms with Crippen molar-refractivity contribution in [2.24, 2.45) is 0 Å². The Morgan fingerprint density at radius 3 is 2.25 bits per heavy atom. The molecule has 0 saturated carbocycles. The molecule has 1 rings (SSSR count). The van der Waals surface area contributed by atoms with Crippen molar-refractivity contribution >= 4 is 15.8 Å². The number of carboxylic acids is 1. The van der Waals surface area contributed by atoms with Crippen LogP contribution in [0.15, 0.2) is 29.2 Å². The molecule has 6 heteroatoms. The summed E-state index contributed by atoms with van der Waals surface area (Å²) in [4.78, 5) is 10.5. The molecule has 1 N–H and O–H groups in total. The molecule has 16 heavy (non-hydrogen) atoms. The van der Waals surface area contributed by atoms with Crippen LogP contribution < -0.4 is 0 Å². The number of nitrogens with zero attached hydrogens (tertiary/aromatic N) is 1. The number of rotatable bonds is 3. The molecule has 0 aromatic heterocycles. The predicted molar refractivity (Wildman–Crippen MR) is 55.7 cm³/mol. The van der Waals surface area contributed by atoms with E-state index < -0.39 is 21.1 Å². The average Bonchev–Trinajstić information content (AvgIpc) is 2.28. The van der Waals surface area contributed by atoms with E-state index in [2.05, 4.69) is 0 Å². The average molecular weight is 239 g/mol. The molecule has 0 radical (unpaired) electrons. The molecular formula is C10H9NO4S. The van der Waals surface area contributed by atoms with Crippen LogP contribution in [0.5, 0.6) is 0 Å². The zero-order chi connectivity index (χ0) is 12.3. The van der Waals surface area contributed by atoms with Gasteiger partial charge in [0.25, 0.3) is 0 Å². The van der Waals surface area contributed by atoms with E-state index in [0.717, 1.165) is 0 Å². The van der Waals surface area contributed by atoms with Crippen molar-refractivity contribution < 1.29 is 18.3 Å². The van der Waals surface area contributed by atoms with E-state index in [9.17, 15) is 13.2 Å². The fourth-order valence-electron chi connectivity index (χ4n) is 1.06. The first-order chi connectivity index (χ1) is 7.39. The molecule has 0 spiro atoms. The van der Waals surface area contributed by atoms with Crippen LogP contribution in [0.2, 0.25) is 0 Å². The number of hydrogen-bond acceptors (Lipinski definition) is 4. The zero-order valence-electron chi connectivity index (χ0n) is 8.41. The van der Waals surface area contributed by atoms with Gasteiger partial charge in [-0.2, -0.15) is 5.26 Å². The highest BCUT2D eigenvalue weighted by Gasteiger charge is 2.22. The number of benzene rings is 1. The lowest BCUT2D eigenvalue weighted by atomic mass is 10.2. The van der Waals surface area contributed by atoms with Gasteiger partial charge in [0.2, 0.25) is 0 Å². The lowest BCUT2D eigenvalue weighted by molar-refractivity contribution is 0.0697. The Morgan fingerprint density at radius 1 is 1.38 bits per heavy atom. The second-order valence-corrected chi connectivity index (χ2v) is 5.41. The van der Waals surface area contributed by atoms with E-state index >= 15 is 0 Å². The summed E-state index contributed by atoms with van der Waals surface area (Å²) in [5.74, 6) is -1.13. The summed E-state index contributed by atoms with van der Waals surface area (Å²) in [7, 11) is -3.69. The lowest BCUT2D eigenvalue weighted by Gasteiger charge is -2.05. The van der Waals surface area contributed by atoms with E-state index in [1.807, 2.05) is 0 Å². The van der Waals surface area contributed by atoms with Gasteiger partial charge in [-0.1, -0.05) is 0 Å². The van der Waals surface area contributed by atoms with Crippen molar-refractivity contribution in [3.63, 3.8) is 0 Å². The Balaban J connectivity index is 3.18.